The summed E-state index contributed by atoms with van der Waals surface area (Å²) >= 11 is 0. The molecular formula is C12H20N2O4S. The predicted octanol–water partition coefficient (Wildman–Crippen LogP) is 0.184. The van der Waals surface area contributed by atoms with Crippen LogP contribution >= 0.6 is 0 Å². The number of allylic oxidation sites excluding steroid dienone is 1. The van der Waals surface area contributed by atoms with E-state index in [1.54, 1.807) is 12.2 Å². The van der Waals surface area contributed by atoms with Crippen LogP contribution in [0.15, 0.2) is 23.1 Å². The van der Waals surface area contributed by atoms with E-state index in [2.05, 4.69) is 0 Å². The first kappa shape index (κ1) is 14.7. The van der Waals surface area contributed by atoms with Gasteiger partial charge in [0.2, 0.25) is 10.0 Å². The third kappa shape index (κ3) is 3.24. The van der Waals surface area contributed by atoms with E-state index in [-0.39, 0.29) is 4.91 Å². The first-order chi connectivity index (χ1) is 8.98. The van der Waals surface area contributed by atoms with Crippen molar-refractivity contribution in [3.63, 3.8) is 0 Å². The Morgan fingerprint density at radius 1 is 1.47 bits per heavy atom. The van der Waals surface area contributed by atoms with Crippen LogP contribution in [0.5, 0.6) is 0 Å². The summed E-state index contributed by atoms with van der Waals surface area (Å²) in [6.07, 6.45) is 5.31. The molecule has 0 spiro atoms. The Morgan fingerprint density at radius 2 is 2.16 bits per heavy atom. The Balaban J connectivity index is 2.24. The van der Waals surface area contributed by atoms with Gasteiger partial charge in [0.25, 0.3) is 0 Å². The molecule has 0 aromatic rings. The second kappa shape index (κ2) is 5.72. The highest BCUT2D eigenvalue weighted by Gasteiger charge is 2.32. The lowest BCUT2D eigenvalue weighted by molar-refractivity contribution is 0.00525. The minimum absolute atomic E-state index is 0.205. The lowest BCUT2D eigenvalue weighted by Gasteiger charge is -2.31. The number of hydrogen-bond donors (Lipinski definition) is 1. The van der Waals surface area contributed by atoms with E-state index < -0.39 is 15.7 Å². The van der Waals surface area contributed by atoms with Crippen LogP contribution < -0.4 is 5.73 Å². The zero-order valence-corrected chi connectivity index (χ0v) is 11.9. The molecule has 0 radical (unpaired) electrons. The molecule has 108 valence electrons. The van der Waals surface area contributed by atoms with Crippen LogP contribution in [0.1, 0.15) is 13.3 Å². The van der Waals surface area contributed by atoms with E-state index >= 15 is 0 Å². The molecule has 0 aromatic carbocycles. The topological polar surface area (TPSA) is 81.9 Å². The number of morpholine rings is 1. The first-order valence-electron chi connectivity index (χ1n) is 6.38. The monoisotopic (exact) mass is 288 g/mol. The van der Waals surface area contributed by atoms with E-state index in [1.807, 2.05) is 6.92 Å². The molecule has 1 aliphatic carbocycles. The SMILES string of the molecule is CCOC1(N)C=C(S(=O)(=O)N2CCOCC2)C=CC1. The fraction of sp³-hybridized carbons (Fsp3) is 0.667. The Kier molecular flexibility index (Phi) is 4.42. The van der Waals surface area contributed by atoms with Gasteiger partial charge >= 0.3 is 0 Å². The third-order valence-electron chi connectivity index (χ3n) is 3.13. The van der Waals surface area contributed by atoms with E-state index in [1.165, 1.54) is 10.4 Å². The summed E-state index contributed by atoms with van der Waals surface area (Å²) in [4.78, 5) is 0.205. The molecule has 19 heavy (non-hydrogen) atoms. The highest BCUT2D eigenvalue weighted by molar-refractivity contribution is 7.93. The van der Waals surface area contributed by atoms with Gasteiger partial charge < -0.3 is 9.47 Å². The average Bonchev–Trinajstić information content (AvgIpc) is 2.40. The summed E-state index contributed by atoms with van der Waals surface area (Å²) in [7, 11) is -3.51. The smallest absolute Gasteiger partial charge is 0.243 e. The molecule has 0 saturated carbocycles. The molecule has 1 aliphatic heterocycles. The molecule has 2 N–H and O–H groups in total. The van der Waals surface area contributed by atoms with Crippen molar-refractivity contribution in [1.82, 2.24) is 4.31 Å². The minimum atomic E-state index is -3.51. The standard InChI is InChI=1S/C12H20N2O4S/c1-2-18-12(13)5-3-4-11(10-12)19(15,16)14-6-8-17-9-7-14/h3-4,10H,2,5-9,13H2,1H3. The Hall–Kier alpha value is -0.730. The van der Waals surface area contributed by atoms with Gasteiger partial charge in [0, 0.05) is 26.1 Å². The van der Waals surface area contributed by atoms with Crippen LogP contribution in [0.2, 0.25) is 0 Å². The second-order valence-corrected chi connectivity index (χ2v) is 6.50. The summed E-state index contributed by atoms with van der Waals surface area (Å²) < 4.78 is 37.0. The molecule has 0 aromatic heterocycles. The van der Waals surface area contributed by atoms with Crippen molar-refractivity contribution in [3.05, 3.63) is 23.1 Å². The molecule has 0 amide bonds. The fourth-order valence-corrected chi connectivity index (χ4v) is 3.72. The molecule has 1 saturated heterocycles. The van der Waals surface area contributed by atoms with Gasteiger partial charge in [0.15, 0.2) is 0 Å². The highest BCUT2D eigenvalue weighted by Crippen LogP contribution is 2.26. The van der Waals surface area contributed by atoms with Crippen molar-refractivity contribution in [3.8, 4) is 0 Å². The lowest BCUT2D eigenvalue weighted by Crippen LogP contribution is -2.45. The van der Waals surface area contributed by atoms with Crippen molar-refractivity contribution in [2.24, 2.45) is 5.73 Å². The lowest BCUT2D eigenvalue weighted by atomic mass is 10.1. The fourth-order valence-electron chi connectivity index (χ4n) is 2.17. The average molecular weight is 288 g/mol. The van der Waals surface area contributed by atoms with Gasteiger partial charge in [-0.05, 0) is 19.1 Å². The van der Waals surface area contributed by atoms with Crippen molar-refractivity contribution in [2.75, 3.05) is 32.9 Å². The number of rotatable bonds is 4. The zero-order valence-electron chi connectivity index (χ0n) is 11.0. The highest BCUT2D eigenvalue weighted by atomic mass is 32.2. The van der Waals surface area contributed by atoms with Gasteiger partial charge in [-0.25, -0.2) is 8.42 Å². The van der Waals surface area contributed by atoms with Crippen LogP contribution in [0, 0.1) is 0 Å². The van der Waals surface area contributed by atoms with Crippen LogP contribution in [0.3, 0.4) is 0 Å². The number of nitrogens with zero attached hydrogens (tertiary/aromatic N) is 1. The molecule has 0 bridgehead atoms. The second-order valence-electron chi connectivity index (χ2n) is 4.56. The third-order valence-corrected chi connectivity index (χ3v) is 5.02. The first-order valence-corrected chi connectivity index (χ1v) is 7.82. The summed E-state index contributed by atoms with van der Waals surface area (Å²) in [5.74, 6) is 0. The van der Waals surface area contributed by atoms with E-state index in [0.29, 0.717) is 39.3 Å². The van der Waals surface area contributed by atoms with Gasteiger partial charge in [-0.3, -0.25) is 5.73 Å². The largest absolute Gasteiger partial charge is 0.379 e. The molecule has 2 aliphatic rings. The maximum absolute atomic E-state index is 12.5. The van der Waals surface area contributed by atoms with Crippen molar-refractivity contribution in [2.45, 2.75) is 19.1 Å². The maximum atomic E-state index is 12.5. The molecular weight excluding hydrogens is 268 g/mol. The Bertz CT molecular complexity index is 480. The molecule has 7 heteroatoms. The van der Waals surface area contributed by atoms with Crippen LogP contribution in [-0.2, 0) is 19.5 Å². The van der Waals surface area contributed by atoms with Gasteiger partial charge in [0.05, 0.1) is 18.1 Å². The zero-order chi connectivity index (χ0) is 13.9. The summed E-state index contributed by atoms with van der Waals surface area (Å²) in [5, 5.41) is 0. The number of nitrogens with two attached hydrogens (primary N) is 1. The van der Waals surface area contributed by atoms with Crippen molar-refractivity contribution < 1.29 is 17.9 Å². The molecule has 2 rings (SSSR count). The maximum Gasteiger partial charge on any atom is 0.243 e. The van der Waals surface area contributed by atoms with E-state index in [4.69, 9.17) is 15.2 Å². The quantitative estimate of drug-likeness (QED) is 0.746. The van der Waals surface area contributed by atoms with E-state index in [9.17, 15) is 8.42 Å². The minimum Gasteiger partial charge on any atom is -0.379 e. The molecule has 1 heterocycles. The van der Waals surface area contributed by atoms with Crippen LogP contribution in [0.4, 0.5) is 0 Å². The Morgan fingerprint density at radius 3 is 2.79 bits per heavy atom. The van der Waals surface area contributed by atoms with Crippen LogP contribution in [-0.4, -0.2) is 51.4 Å². The number of ether oxygens (including phenoxy) is 2. The van der Waals surface area contributed by atoms with Crippen molar-refractivity contribution in [1.29, 1.82) is 0 Å². The molecule has 1 fully saturated rings. The van der Waals surface area contributed by atoms with Gasteiger partial charge in [-0.1, -0.05) is 6.08 Å². The predicted molar refractivity (Wildman–Crippen MR) is 71.7 cm³/mol. The molecule has 1 unspecified atom stereocenters. The van der Waals surface area contributed by atoms with Gasteiger partial charge in [-0.15, -0.1) is 0 Å². The van der Waals surface area contributed by atoms with Gasteiger partial charge in [0.1, 0.15) is 5.72 Å². The molecule has 6 nitrogen and oxygen atoms in total. The Labute approximate surface area is 113 Å². The molecule has 1 atom stereocenters. The van der Waals surface area contributed by atoms with Gasteiger partial charge in [-0.2, -0.15) is 4.31 Å². The summed E-state index contributed by atoms with van der Waals surface area (Å²) in [6, 6.07) is 0. The van der Waals surface area contributed by atoms with Crippen molar-refractivity contribution >= 4 is 10.0 Å². The summed E-state index contributed by atoms with van der Waals surface area (Å²) in [6.45, 7) is 3.87. The number of sulfonamides is 1. The van der Waals surface area contributed by atoms with Crippen LogP contribution in [0.25, 0.3) is 0 Å². The normalized spacial score (nSPS) is 29.3. The van der Waals surface area contributed by atoms with E-state index in [0.717, 1.165) is 0 Å². The number of hydrogen-bond acceptors (Lipinski definition) is 5. The summed E-state index contributed by atoms with van der Waals surface area (Å²) in [5.41, 5.74) is 5.00.